The first-order chi connectivity index (χ1) is 8.60. The van der Waals surface area contributed by atoms with Gasteiger partial charge in [-0.1, -0.05) is 39.7 Å². The van der Waals surface area contributed by atoms with Gasteiger partial charge in [-0.15, -0.1) is 0 Å². The van der Waals surface area contributed by atoms with Crippen molar-refractivity contribution in [1.82, 2.24) is 0 Å². The summed E-state index contributed by atoms with van der Waals surface area (Å²) in [5.74, 6) is 0.814. The van der Waals surface area contributed by atoms with Crippen LogP contribution in [0.15, 0.2) is 36.4 Å². The molecule has 94 valence electrons. The van der Waals surface area contributed by atoms with E-state index in [0.29, 0.717) is 5.75 Å². The van der Waals surface area contributed by atoms with Gasteiger partial charge >= 0.3 is 0 Å². The Hall–Kier alpha value is -1.06. The standard InChI is InChI=1S/C14H11BrClFO/c1-9-6-10(8-15)2-5-14(9)18-11-3-4-13(17)12(16)7-11/h2-7H,8H2,1H3. The highest BCUT2D eigenvalue weighted by molar-refractivity contribution is 9.08. The molecule has 0 N–H and O–H groups in total. The van der Waals surface area contributed by atoms with Gasteiger partial charge in [0.25, 0.3) is 0 Å². The van der Waals surface area contributed by atoms with Crippen LogP contribution in [0.2, 0.25) is 5.02 Å². The van der Waals surface area contributed by atoms with E-state index in [1.807, 2.05) is 25.1 Å². The molecule has 0 unspecified atom stereocenters. The minimum absolute atomic E-state index is 0.0576. The minimum Gasteiger partial charge on any atom is -0.457 e. The van der Waals surface area contributed by atoms with Gasteiger partial charge < -0.3 is 4.74 Å². The molecule has 0 aromatic heterocycles. The van der Waals surface area contributed by atoms with Crippen LogP contribution in [0.3, 0.4) is 0 Å². The number of alkyl halides is 1. The number of halogens is 3. The van der Waals surface area contributed by atoms with Gasteiger partial charge in [-0.25, -0.2) is 4.39 Å². The summed E-state index contributed by atoms with van der Waals surface area (Å²) in [7, 11) is 0. The van der Waals surface area contributed by atoms with Crippen LogP contribution in [0.25, 0.3) is 0 Å². The molecule has 0 saturated carbocycles. The van der Waals surface area contributed by atoms with Crippen molar-refractivity contribution in [3.8, 4) is 11.5 Å². The van der Waals surface area contributed by atoms with Crippen LogP contribution in [-0.4, -0.2) is 0 Å². The second-order valence-electron chi connectivity index (χ2n) is 3.91. The van der Waals surface area contributed by atoms with Crippen LogP contribution >= 0.6 is 27.5 Å². The summed E-state index contributed by atoms with van der Waals surface area (Å²) >= 11 is 9.11. The smallest absolute Gasteiger partial charge is 0.142 e. The molecule has 2 aromatic rings. The zero-order valence-corrected chi connectivity index (χ0v) is 12.1. The van der Waals surface area contributed by atoms with Crippen LogP contribution in [0.4, 0.5) is 4.39 Å². The molecule has 0 spiro atoms. The van der Waals surface area contributed by atoms with Gasteiger partial charge in [-0.2, -0.15) is 0 Å². The summed E-state index contributed by atoms with van der Waals surface area (Å²) in [6.45, 7) is 1.96. The second kappa shape index (κ2) is 5.72. The van der Waals surface area contributed by atoms with E-state index in [1.165, 1.54) is 17.7 Å². The minimum atomic E-state index is -0.449. The largest absolute Gasteiger partial charge is 0.457 e. The van der Waals surface area contributed by atoms with Gasteiger partial charge in [0.1, 0.15) is 17.3 Å². The van der Waals surface area contributed by atoms with Gasteiger partial charge in [0.15, 0.2) is 0 Å². The number of hydrogen-bond acceptors (Lipinski definition) is 1. The summed E-state index contributed by atoms with van der Waals surface area (Å²) in [6.07, 6.45) is 0. The summed E-state index contributed by atoms with van der Waals surface area (Å²) in [6, 6.07) is 10.2. The van der Waals surface area contributed by atoms with Crippen LogP contribution in [0, 0.1) is 12.7 Å². The first-order valence-corrected chi connectivity index (χ1v) is 6.88. The molecular formula is C14H11BrClFO. The Morgan fingerprint density at radius 3 is 2.61 bits per heavy atom. The summed E-state index contributed by atoms with van der Waals surface area (Å²) in [4.78, 5) is 0. The van der Waals surface area contributed by atoms with E-state index in [-0.39, 0.29) is 5.02 Å². The van der Waals surface area contributed by atoms with Gasteiger partial charge in [-0.3, -0.25) is 0 Å². The third-order valence-electron chi connectivity index (χ3n) is 2.51. The molecule has 2 rings (SSSR count). The lowest BCUT2D eigenvalue weighted by Gasteiger charge is -2.10. The quantitative estimate of drug-likeness (QED) is 0.678. The molecule has 0 aliphatic rings. The molecule has 0 radical (unpaired) electrons. The van der Waals surface area contributed by atoms with E-state index >= 15 is 0 Å². The predicted molar refractivity (Wildman–Crippen MR) is 75.3 cm³/mol. The predicted octanol–water partition coefficient (Wildman–Crippen LogP) is 5.47. The maximum absolute atomic E-state index is 13.0. The van der Waals surface area contributed by atoms with E-state index in [2.05, 4.69) is 15.9 Å². The van der Waals surface area contributed by atoms with Crippen molar-refractivity contribution in [3.63, 3.8) is 0 Å². The van der Waals surface area contributed by atoms with Crippen molar-refractivity contribution >= 4 is 27.5 Å². The Kier molecular flexibility index (Phi) is 4.25. The molecule has 0 fully saturated rings. The van der Waals surface area contributed by atoms with Crippen LogP contribution < -0.4 is 4.74 Å². The zero-order valence-electron chi connectivity index (χ0n) is 9.71. The highest BCUT2D eigenvalue weighted by atomic mass is 79.9. The van der Waals surface area contributed by atoms with Gasteiger partial charge in [0, 0.05) is 11.4 Å². The molecule has 18 heavy (non-hydrogen) atoms. The molecule has 1 nitrogen and oxygen atoms in total. The Bertz CT molecular complexity index is 572. The monoisotopic (exact) mass is 328 g/mol. The van der Waals surface area contributed by atoms with Crippen molar-refractivity contribution in [1.29, 1.82) is 0 Å². The zero-order chi connectivity index (χ0) is 13.1. The fraction of sp³-hybridized carbons (Fsp3) is 0.143. The van der Waals surface area contributed by atoms with Gasteiger partial charge in [-0.05, 0) is 36.2 Å². The average molecular weight is 330 g/mol. The maximum atomic E-state index is 13.0. The van der Waals surface area contributed by atoms with Crippen molar-refractivity contribution in [2.75, 3.05) is 0 Å². The Morgan fingerprint density at radius 1 is 1.22 bits per heavy atom. The third-order valence-corrected chi connectivity index (χ3v) is 3.45. The van der Waals surface area contributed by atoms with Crippen molar-refractivity contribution in [2.24, 2.45) is 0 Å². The molecule has 0 aliphatic heterocycles. The van der Waals surface area contributed by atoms with Crippen LogP contribution in [-0.2, 0) is 5.33 Å². The second-order valence-corrected chi connectivity index (χ2v) is 4.88. The van der Waals surface area contributed by atoms with Gasteiger partial charge in [0.05, 0.1) is 5.02 Å². The fourth-order valence-corrected chi connectivity index (χ4v) is 2.10. The summed E-state index contributed by atoms with van der Waals surface area (Å²) in [5.41, 5.74) is 2.20. The lowest BCUT2D eigenvalue weighted by atomic mass is 10.1. The van der Waals surface area contributed by atoms with E-state index in [0.717, 1.165) is 16.6 Å². The molecule has 0 atom stereocenters. The van der Waals surface area contributed by atoms with Crippen LogP contribution in [0.5, 0.6) is 11.5 Å². The topological polar surface area (TPSA) is 9.23 Å². The molecule has 0 heterocycles. The molecule has 4 heteroatoms. The van der Waals surface area contributed by atoms with E-state index in [4.69, 9.17) is 16.3 Å². The molecule has 2 aromatic carbocycles. The Labute approximate surface area is 119 Å². The third kappa shape index (κ3) is 3.03. The van der Waals surface area contributed by atoms with Gasteiger partial charge in [0.2, 0.25) is 0 Å². The van der Waals surface area contributed by atoms with Crippen molar-refractivity contribution < 1.29 is 9.13 Å². The van der Waals surface area contributed by atoms with E-state index in [1.54, 1.807) is 6.07 Å². The van der Waals surface area contributed by atoms with E-state index < -0.39 is 5.82 Å². The number of benzene rings is 2. The maximum Gasteiger partial charge on any atom is 0.142 e. The van der Waals surface area contributed by atoms with Crippen molar-refractivity contribution in [3.05, 3.63) is 58.4 Å². The van der Waals surface area contributed by atoms with E-state index in [9.17, 15) is 4.39 Å². The lowest BCUT2D eigenvalue weighted by molar-refractivity contribution is 0.477. The molecule has 0 aliphatic carbocycles. The fourth-order valence-electron chi connectivity index (χ4n) is 1.58. The summed E-state index contributed by atoms with van der Waals surface area (Å²) < 4.78 is 18.7. The van der Waals surface area contributed by atoms with Crippen molar-refractivity contribution in [2.45, 2.75) is 12.3 Å². The summed E-state index contributed by atoms with van der Waals surface area (Å²) in [5, 5.41) is 0.860. The highest BCUT2D eigenvalue weighted by Gasteiger charge is 2.05. The normalized spacial score (nSPS) is 10.4. The number of aryl methyl sites for hydroxylation is 1. The molecule has 0 amide bonds. The number of rotatable bonds is 3. The number of ether oxygens (including phenoxy) is 1. The molecular weight excluding hydrogens is 319 g/mol. The first kappa shape index (κ1) is 13.4. The Balaban J connectivity index is 2.25. The SMILES string of the molecule is Cc1cc(CBr)ccc1Oc1ccc(F)c(Cl)c1. The molecule has 0 bridgehead atoms. The number of hydrogen-bond donors (Lipinski definition) is 0. The Morgan fingerprint density at radius 2 is 2.00 bits per heavy atom. The highest BCUT2D eigenvalue weighted by Crippen LogP contribution is 2.29. The first-order valence-electron chi connectivity index (χ1n) is 5.38. The van der Waals surface area contributed by atoms with Crippen LogP contribution in [0.1, 0.15) is 11.1 Å². The average Bonchev–Trinajstić information content (AvgIpc) is 2.36. The molecule has 0 saturated heterocycles. The lowest BCUT2D eigenvalue weighted by Crippen LogP contribution is -1.90.